The van der Waals surface area contributed by atoms with Crippen LogP contribution in [-0.4, -0.2) is 50.0 Å². The molecule has 0 saturated heterocycles. The molecule has 200 valence electrons. The van der Waals surface area contributed by atoms with Gasteiger partial charge in [-0.1, -0.05) is 68.4 Å². The Kier molecular flexibility index (Phi) is 11.4. The third kappa shape index (κ3) is 8.56. The Morgan fingerprint density at radius 3 is 2.24 bits per heavy atom. The van der Waals surface area contributed by atoms with Crippen LogP contribution < -0.4 is 10.5 Å². The van der Waals surface area contributed by atoms with Crippen LogP contribution in [0, 0.1) is 11.8 Å². The molecule has 1 amide bonds. The van der Waals surface area contributed by atoms with E-state index in [2.05, 4.69) is 38.1 Å². The maximum atomic E-state index is 13.9. The summed E-state index contributed by atoms with van der Waals surface area (Å²) in [7, 11) is 0. The molecule has 0 aliphatic heterocycles. The first-order valence-electron chi connectivity index (χ1n) is 13.4. The number of rotatable bonds is 15. The highest BCUT2D eigenvalue weighted by atomic mass is 16.7. The molecule has 3 rings (SSSR count). The second-order valence-corrected chi connectivity index (χ2v) is 9.68. The van der Waals surface area contributed by atoms with Gasteiger partial charge in [0.05, 0.1) is 19.1 Å². The number of ether oxygens (including phenoxy) is 3. The molecule has 3 aromatic carbocycles. The largest absolute Gasteiger partial charge is 0.493 e. The molecule has 6 nitrogen and oxygen atoms in total. The third-order valence-electron chi connectivity index (χ3n) is 6.25. The third-order valence-corrected chi connectivity index (χ3v) is 6.25. The van der Waals surface area contributed by atoms with Crippen molar-refractivity contribution in [2.75, 3.05) is 32.9 Å². The Labute approximate surface area is 221 Å². The van der Waals surface area contributed by atoms with E-state index in [1.807, 2.05) is 61.2 Å². The summed E-state index contributed by atoms with van der Waals surface area (Å²) in [5.74, 6) is 0.937. The quantitative estimate of drug-likeness (QED) is 0.279. The summed E-state index contributed by atoms with van der Waals surface area (Å²) in [5, 5.41) is 2.28. The predicted molar refractivity (Wildman–Crippen MR) is 149 cm³/mol. The van der Waals surface area contributed by atoms with Gasteiger partial charge in [0.25, 0.3) is 0 Å². The number of nitrogens with zero attached hydrogens (tertiary/aromatic N) is 1. The minimum absolute atomic E-state index is 0.0000235. The van der Waals surface area contributed by atoms with Crippen molar-refractivity contribution in [2.45, 2.75) is 47.0 Å². The van der Waals surface area contributed by atoms with Crippen molar-refractivity contribution in [2.24, 2.45) is 17.6 Å². The van der Waals surface area contributed by atoms with Crippen LogP contribution in [0.2, 0.25) is 0 Å². The van der Waals surface area contributed by atoms with E-state index in [0.29, 0.717) is 45.2 Å². The molecule has 0 saturated carbocycles. The van der Waals surface area contributed by atoms with Crippen LogP contribution in [0.5, 0.6) is 5.75 Å². The van der Waals surface area contributed by atoms with Gasteiger partial charge in [-0.3, -0.25) is 4.79 Å². The highest BCUT2D eigenvalue weighted by molar-refractivity contribution is 5.86. The van der Waals surface area contributed by atoms with E-state index < -0.39 is 6.29 Å². The first kappa shape index (κ1) is 28.6. The van der Waals surface area contributed by atoms with Crippen LogP contribution in [0.3, 0.4) is 0 Å². The van der Waals surface area contributed by atoms with Crippen molar-refractivity contribution in [3.8, 4) is 5.75 Å². The molecule has 37 heavy (non-hydrogen) atoms. The standard InChI is InChI=1S/C31H42N2O4/c1-5-35-30(36-6-2)21-33(20-26-12-9-11-25-10-7-8-13-29(25)26)31(34)27(19-32)18-24-14-16-28(17-15-24)37-22-23(3)4/h7-17,23,27,30H,5-6,18-22,32H2,1-4H3/t27-/m1/s1. The molecule has 0 radical (unpaired) electrons. The molecule has 0 spiro atoms. The zero-order valence-electron chi connectivity index (χ0n) is 22.7. The number of benzene rings is 3. The van der Waals surface area contributed by atoms with Gasteiger partial charge in [-0.2, -0.15) is 0 Å². The van der Waals surface area contributed by atoms with Crippen LogP contribution in [-0.2, 0) is 27.2 Å². The van der Waals surface area contributed by atoms with Crippen molar-refractivity contribution >= 4 is 16.7 Å². The molecule has 1 atom stereocenters. The van der Waals surface area contributed by atoms with Crippen LogP contribution in [0.4, 0.5) is 0 Å². The van der Waals surface area contributed by atoms with E-state index in [0.717, 1.165) is 27.6 Å². The van der Waals surface area contributed by atoms with Crippen LogP contribution >= 0.6 is 0 Å². The first-order valence-corrected chi connectivity index (χ1v) is 13.4. The Hall–Kier alpha value is -2.93. The van der Waals surface area contributed by atoms with Gasteiger partial charge < -0.3 is 24.8 Å². The summed E-state index contributed by atoms with van der Waals surface area (Å²) in [4.78, 5) is 15.8. The van der Waals surface area contributed by atoms with Gasteiger partial charge >= 0.3 is 0 Å². The smallest absolute Gasteiger partial charge is 0.227 e. The van der Waals surface area contributed by atoms with E-state index in [-0.39, 0.29) is 18.4 Å². The Bertz CT molecular complexity index is 1090. The fourth-order valence-corrected chi connectivity index (χ4v) is 4.37. The summed E-state index contributed by atoms with van der Waals surface area (Å²) in [6, 6.07) is 22.4. The lowest BCUT2D eigenvalue weighted by molar-refractivity contribution is -0.162. The highest BCUT2D eigenvalue weighted by Gasteiger charge is 2.27. The summed E-state index contributed by atoms with van der Waals surface area (Å²) in [5.41, 5.74) is 8.30. The molecule has 0 unspecified atom stereocenters. The minimum atomic E-state index is -0.496. The van der Waals surface area contributed by atoms with Gasteiger partial charge in [0.15, 0.2) is 6.29 Å². The summed E-state index contributed by atoms with van der Waals surface area (Å²) < 4.78 is 17.4. The van der Waals surface area contributed by atoms with E-state index in [1.165, 1.54) is 0 Å². The van der Waals surface area contributed by atoms with Crippen molar-refractivity contribution in [3.63, 3.8) is 0 Å². The number of amides is 1. The average molecular weight is 507 g/mol. The fraction of sp³-hybridized carbons (Fsp3) is 0.452. The van der Waals surface area contributed by atoms with Crippen LogP contribution in [0.1, 0.15) is 38.8 Å². The first-order chi connectivity index (χ1) is 17.9. The summed E-state index contributed by atoms with van der Waals surface area (Å²) in [6.07, 6.45) is 0.0597. The topological polar surface area (TPSA) is 74.0 Å². The normalized spacial score (nSPS) is 12.3. The molecule has 2 N–H and O–H groups in total. The molecule has 6 heteroatoms. The molecule has 0 fully saturated rings. The SMILES string of the molecule is CCOC(CN(Cc1cccc2ccccc12)C(=O)[C@@H](CN)Cc1ccc(OCC(C)C)cc1)OCC. The lowest BCUT2D eigenvalue weighted by Crippen LogP contribution is -2.44. The second-order valence-electron chi connectivity index (χ2n) is 9.68. The van der Waals surface area contributed by atoms with Gasteiger partial charge in [0.1, 0.15) is 5.75 Å². The maximum Gasteiger partial charge on any atom is 0.227 e. The molecule has 0 aliphatic carbocycles. The highest BCUT2D eigenvalue weighted by Crippen LogP contribution is 2.23. The van der Waals surface area contributed by atoms with Gasteiger partial charge in [-0.25, -0.2) is 0 Å². The van der Waals surface area contributed by atoms with Gasteiger partial charge in [-0.05, 0) is 60.2 Å². The Morgan fingerprint density at radius 1 is 0.919 bits per heavy atom. The lowest BCUT2D eigenvalue weighted by atomic mass is 9.97. The maximum absolute atomic E-state index is 13.9. The number of nitrogens with two attached hydrogens (primary N) is 1. The predicted octanol–water partition coefficient (Wildman–Crippen LogP) is 5.42. The van der Waals surface area contributed by atoms with Gasteiger partial charge in [0.2, 0.25) is 5.91 Å². The van der Waals surface area contributed by atoms with E-state index in [9.17, 15) is 4.79 Å². The van der Waals surface area contributed by atoms with E-state index >= 15 is 0 Å². The molecule has 0 aliphatic rings. The summed E-state index contributed by atoms with van der Waals surface area (Å²) in [6.45, 7) is 10.8. The van der Waals surface area contributed by atoms with Crippen molar-refractivity contribution in [1.82, 2.24) is 4.90 Å². The zero-order valence-corrected chi connectivity index (χ0v) is 22.7. The molecule has 0 heterocycles. The van der Waals surface area contributed by atoms with Gasteiger partial charge in [-0.15, -0.1) is 0 Å². The number of carbonyl (C=O) groups is 1. The zero-order chi connectivity index (χ0) is 26.6. The van der Waals surface area contributed by atoms with Crippen molar-refractivity contribution < 1.29 is 19.0 Å². The molecule has 0 aromatic heterocycles. The molecular weight excluding hydrogens is 464 g/mol. The average Bonchev–Trinajstić information content (AvgIpc) is 2.91. The minimum Gasteiger partial charge on any atom is -0.493 e. The summed E-state index contributed by atoms with van der Waals surface area (Å²) >= 11 is 0. The number of hydrogen-bond acceptors (Lipinski definition) is 5. The second kappa shape index (κ2) is 14.7. The Balaban J connectivity index is 1.82. The Morgan fingerprint density at radius 2 is 1.59 bits per heavy atom. The van der Waals surface area contributed by atoms with Crippen molar-refractivity contribution in [3.05, 3.63) is 77.9 Å². The lowest BCUT2D eigenvalue weighted by Gasteiger charge is -2.31. The fourth-order valence-electron chi connectivity index (χ4n) is 4.37. The molecule has 0 bridgehead atoms. The number of carbonyl (C=O) groups excluding carboxylic acids is 1. The van der Waals surface area contributed by atoms with E-state index in [4.69, 9.17) is 19.9 Å². The molecular formula is C31H42N2O4. The monoisotopic (exact) mass is 506 g/mol. The number of fused-ring (bicyclic) bond motifs is 1. The van der Waals surface area contributed by atoms with Crippen molar-refractivity contribution in [1.29, 1.82) is 0 Å². The molecule has 3 aromatic rings. The van der Waals surface area contributed by atoms with Crippen LogP contribution in [0.25, 0.3) is 10.8 Å². The van der Waals surface area contributed by atoms with E-state index in [1.54, 1.807) is 0 Å². The van der Waals surface area contributed by atoms with Crippen LogP contribution in [0.15, 0.2) is 66.7 Å². The van der Waals surface area contributed by atoms with Gasteiger partial charge in [0, 0.05) is 26.3 Å². The number of hydrogen-bond donors (Lipinski definition) is 1.